The van der Waals surface area contributed by atoms with Gasteiger partial charge in [0, 0.05) is 11.0 Å². The Morgan fingerprint density at radius 3 is 1.94 bits per heavy atom. The fourth-order valence-electron chi connectivity index (χ4n) is 1.93. The van der Waals surface area contributed by atoms with Crippen LogP contribution in [0.15, 0.2) is 12.1 Å². The summed E-state index contributed by atoms with van der Waals surface area (Å²) in [5.41, 5.74) is 1.61. The Hall–Kier alpha value is -1.31. The van der Waals surface area contributed by atoms with Crippen molar-refractivity contribution in [1.82, 2.24) is 0 Å². The van der Waals surface area contributed by atoms with E-state index in [0.29, 0.717) is 5.56 Å². The summed E-state index contributed by atoms with van der Waals surface area (Å²) in [4.78, 5) is 12.4. The highest BCUT2D eigenvalue weighted by molar-refractivity contribution is 6.02. The van der Waals surface area contributed by atoms with E-state index in [2.05, 4.69) is 0 Å². The Balaban J connectivity index is 3.49. The van der Waals surface area contributed by atoms with Crippen LogP contribution in [-0.4, -0.2) is 10.9 Å². The van der Waals surface area contributed by atoms with E-state index in [4.69, 9.17) is 0 Å². The van der Waals surface area contributed by atoms with E-state index in [9.17, 15) is 9.90 Å². The Bertz CT molecular complexity index is 471. The van der Waals surface area contributed by atoms with E-state index in [1.54, 1.807) is 6.07 Å². The molecule has 2 nitrogen and oxygen atoms in total. The molecule has 0 spiro atoms. The molecule has 0 atom stereocenters. The molecule has 0 amide bonds. The lowest BCUT2D eigenvalue weighted by molar-refractivity contribution is 0.0855. The molecule has 0 radical (unpaired) electrons. The minimum Gasteiger partial charge on any atom is -0.507 e. The minimum atomic E-state index is -0.486. The van der Waals surface area contributed by atoms with Gasteiger partial charge in [-0.05, 0) is 24.0 Å². The third kappa shape index (κ3) is 2.92. The maximum atomic E-state index is 12.4. The number of carbonyl (C=O) groups excluding carboxylic acids is 1. The van der Waals surface area contributed by atoms with Gasteiger partial charge in [-0.15, -0.1) is 0 Å². The van der Waals surface area contributed by atoms with Crippen LogP contribution in [-0.2, 0) is 5.41 Å². The lowest BCUT2D eigenvalue weighted by Crippen LogP contribution is -2.22. The molecular formula is C16H24O2. The third-order valence-electron chi connectivity index (χ3n) is 2.99. The van der Waals surface area contributed by atoms with Crippen LogP contribution in [0.2, 0.25) is 0 Å². The number of carbonyl (C=O) groups is 1. The smallest absolute Gasteiger partial charge is 0.171 e. The van der Waals surface area contributed by atoms with E-state index in [-0.39, 0.29) is 16.9 Å². The molecule has 0 aromatic heterocycles. The standard InChI is InChI=1S/C16H24O2/c1-10-8-11(14(18)16(5,6)7)13(17)12(9-10)15(2,3)4/h8-9,17H,1-7H3. The summed E-state index contributed by atoms with van der Waals surface area (Å²) in [7, 11) is 0. The van der Waals surface area contributed by atoms with Gasteiger partial charge < -0.3 is 5.11 Å². The number of aromatic hydroxyl groups is 1. The molecule has 0 heterocycles. The van der Waals surface area contributed by atoms with Crippen LogP contribution in [0.1, 0.15) is 63.0 Å². The molecule has 0 bridgehead atoms. The Labute approximate surface area is 110 Å². The van der Waals surface area contributed by atoms with Gasteiger partial charge in [-0.3, -0.25) is 4.79 Å². The van der Waals surface area contributed by atoms with Crippen LogP contribution in [0.3, 0.4) is 0 Å². The second-order valence-electron chi connectivity index (χ2n) is 7.04. The van der Waals surface area contributed by atoms with E-state index >= 15 is 0 Å². The van der Waals surface area contributed by atoms with Crippen molar-refractivity contribution in [2.45, 2.75) is 53.9 Å². The second kappa shape index (κ2) is 4.42. The third-order valence-corrected chi connectivity index (χ3v) is 2.99. The summed E-state index contributed by atoms with van der Waals surface area (Å²) in [5, 5.41) is 10.4. The maximum Gasteiger partial charge on any atom is 0.171 e. The van der Waals surface area contributed by atoms with Crippen LogP contribution in [0.4, 0.5) is 0 Å². The Kier molecular flexibility index (Phi) is 3.62. The molecule has 1 rings (SSSR count). The quantitative estimate of drug-likeness (QED) is 0.755. The predicted molar refractivity (Wildman–Crippen MR) is 75.3 cm³/mol. The highest BCUT2D eigenvalue weighted by Gasteiger charge is 2.29. The fraction of sp³-hybridized carbons (Fsp3) is 0.562. The summed E-state index contributed by atoms with van der Waals surface area (Å²) in [5.74, 6) is 0.113. The number of aryl methyl sites for hydroxylation is 1. The first-order chi connectivity index (χ1) is 7.94. The zero-order chi connectivity index (χ0) is 14.3. The molecule has 0 saturated heterocycles. The average molecular weight is 248 g/mol. The summed E-state index contributed by atoms with van der Waals surface area (Å²) < 4.78 is 0. The molecule has 0 fully saturated rings. The zero-order valence-corrected chi connectivity index (χ0v) is 12.5. The molecule has 100 valence electrons. The van der Waals surface area contributed by atoms with Crippen molar-refractivity contribution in [2.24, 2.45) is 5.41 Å². The molecular weight excluding hydrogens is 224 g/mol. The number of hydrogen-bond donors (Lipinski definition) is 1. The van der Waals surface area contributed by atoms with E-state index in [1.165, 1.54) is 0 Å². The lowest BCUT2D eigenvalue weighted by Gasteiger charge is -2.24. The van der Waals surface area contributed by atoms with Crippen molar-refractivity contribution in [3.05, 3.63) is 28.8 Å². The number of phenols is 1. The topological polar surface area (TPSA) is 37.3 Å². The van der Waals surface area contributed by atoms with Crippen molar-refractivity contribution in [3.8, 4) is 5.75 Å². The first kappa shape index (κ1) is 14.7. The van der Waals surface area contributed by atoms with Gasteiger partial charge in [0.15, 0.2) is 5.78 Å². The summed E-state index contributed by atoms with van der Waals surface area (Å²) in [6.45, 7) is 13.7. The summed E-state index contributed by atoms with van der Waals surface area (Å²) in [6, 6.07) is 3.73. The van der Waals surface area contributed by atoms with Crippen LogP contribution < -0.4 is 0 Å². The van der Waals surface area contributed by atoms with Crippen molar-refractivity contribution in [1.29, 1.82) is 0 Å². The van der Waals surface area contributed by atoms with Crippen molar-refractivity contribution >= 4 is 5.78 Å². The predicted octanol–water partition coefficient (Wildman–Crippen LogP) is 4.23. The van der Waals surface area contributed by atoms with Crippen LogP contribution >= 0.6 is 0 Å². The fourth-order valence-corrected chi connectivity index (χ4v) is 1.93. The van der Waals surface area contributed by atoms with Crippen LogP contribution in [0.5, 0.6) is 5.75 Å². The van der Waals surface area contributed by atoms with Gasteiger partial charge in [0.25, 0.3) is 0 Å². The van der Waals surface area contributed by atoms with Crippen molar-refractivity contribution in [2.75, 3.05) is 0 Å². The van der Waals surface area contributed by atoms with Crippen molar-refractivity contribution in [3.63, 3.8) is 0 Å². The van der Waals surface area contributed by atoms with Crippen LogP contribution in [0.25, 0.3) is 0 Å². The Morgan fingerprint density at radius 2 is 1.56 bits per heavy atom. The largest absolute Gasteiger partial charge is 0.507 e. The lowest BCUT2D eigenvalue weighted by atomic mass is 9.80. The SMILES string of the molecule is Cc1cc(C(=O)C(C)(C)C)c(O)c(C(C)(C)C)c1. The molecule has 0 saturated carbocycles. The van der Waals surface area contributed by atoms with Crippen LogP contribution in [0, 0.1) is 12.3 Å². The highest BCUT2D eigenvalue weighted by Crippen LogP contribution is 2.36. The van der Waals surface area contributed by atoms with Gasteiger partial charge in [0.1, 0.15) is 5.75 Å². The maximum absolute atomic E-state index is 12.4. The minimum absolute atomic E-state index is 0.0193. The first-order valence-corrected chi connectivity index (χ1v) is 6.33. The van der Waals surface area contributed by atoms with Gasteiger partial charge in [0.2, 0.25) is 0 Å². The monoisotopic (exact) mass is 248 g/mol. The molecule has 1 aromatic rings. The van der Waals surface area contributed by atoms with E-state index in [0.717, 1.165) is 11.1 Å². The molecule has 2 heteroatoms. The van der Waals surface area contributed by atoms with Gasteiger partial charge in [-0.1, -0.05) is 47.6 Å². The average Bonchev–Trinajstić information content (AvgIpc) is 2.17. The van der Waals surface area contributed by atoms with Crippen molar-refractivity contribution < 1.29 is 9.90 Å². The van der Waals surface area contributed by atoms with E-state index in [1.807, 2.05) is 54.5 Å². The molecule has 0 unspecified atom stereocenters. The van der Waals surface area contributed by atoms with Gasteiger partial charge in [0.05, 0.1) is 5.56 Å². The number of rotatable bonds is 1. The Morgan fingerprint density at radius 1 is 1.06 bits per heavy atom. The summed E-state index contributed by atoms with van der Waals surface area (Å²) >= 11 is 0. The number of benzene rings is 1. The first-order valence-electron chi connectivity index (χ1n) is 6.33. The highest BCUT2D eigenvalue weighted by atomic mass is 16.3. The van der Waals surface area contributed by atoms with Gasteiger partial charge in [-0.25, -0.2) is 0 Å². The number of phenolic OH excluding ortho intramolecular Hbond substituents is 1. The van der Waals surface area contributed by atoms with E-state index < -0.39 is 5.41 Å². The number of Topliss-reactive ketones (excluding diaryl/α,β-unsaturated/α-hetero) is 1. The molecule has 0 aliphatic rings. The normalized spacial score (nSPS) is 12.6. The molecule has 1 aromatic carbocycles. The second-order valence-corrected chi connectivity index (χ2v) is 7.04. The summed E-state index contributed by atoms with van der Waals surface area (Å²) in [6.07, 6.45) is 0. The molecule has 18 heavy (non-hydrogen) atoms. The number of ketones is 1. The molecule has 0 aliphatic carbocycles. The molecule has 0 aliphatic heterocycles. The van der Waals surface area contributed by atoms with Gasteiger partial charge in [-0.2, -0.15) is 0 Å². The zero-order valence-electron chi connectivity index (χ0n) is 12.5. The molecule has 1 N–H and O–H groups in total. The van der Waals surface area contributed by atoms with Gasteiger partial charge >= 0.3 is 0 Å². The number of hydrogen-bond acceptors (Lipinski definition) is 2.